The molecule has 0 radical (unpaired) electrons. The quantitative estimate of drug-likeness (QED) is 0.635. The molecule has 1 aromatic rings. The van der Waals surface area contributed by atoms with Crippen molar-refractivity contribution in [2.45, 2.75) is 13.3 Å². The monoisotopic (exact) mass is 241 g/mol. The molecule has 0 saturated carbocycles. The van der Waals surface area contributed by atoms with E-state index in [1.165, 1.54) is 0 Å². The van der Waals surface area contributed by atoms with E-state index in [1.54, 1.807) is 19.2 Å². The number of hydrogen-bond donors (Lipinski definition) is 1. The predicted molar refractivity (Wildman–Crippen MR) is 65.4 cm³/mol. The van der Waals surface area contributed by atoms with Crippen molar-refractivity contribution in [2.75, 3.05) is 19.5 Å². The van der Waals surface area contributed by atoms with Crippen molar-refractivity contribution in [2.24, 2.45) is 0 Å². The molecular weight excluding hydrogens is 226 g/mol. The molecule has 1 amide bonds. The third kappa shape index (κ3) is 3.42. The molecule has 0 aliphatic carbocycles. The Hall–Kier alpha value is -1.22. The number of carbonyl (C=O) groups is 1. The summed E-state index contributed by atoms with van der Waals surface area (Å²) in [5.74, 6) is 1.19. The Balaban J connectivity index is 2.68. The molecule has 16 heavy (non-hydrogen) atoms. The van der Waals surface area contributed by atoms with E-state index in [0.29, 0.717) is 18.0 Å². The maximum Gasteiger partial charge on any atom is 0.251 e. The van der Waals surface area contributed by atoms with Gasteiger partial charge in [0.2, 0.25) is 0 Å². The van der Waals surface area contributed by atoms with Gasteiger partial charge in [-0.25, -0.2) is 0 Å². The molecule has 4 heteroatoms. The van der Waals surface area contributed by atoms with Crippen molar-refractivity contribution in [3.8, 4) is 5.75 Å². The highest BCUT2D eigenvalue weighted by atomic mass is 35.5. The zero-order chi connectivity index (χ0) is 12.0. The van der Waals surface area contributed by atoms with Crippen LogP contribution in [0.4, 0.5) is 0 Å². The summed E-state index contributed by atoms with van der Waals surface area (Å²) in [6.45, 7) is 2.53. The molecule has 0 atom stereocenters. The van der Waals surface area contributed by atoms with Crippen molar-refractivity contribution in [1.82, 2.24) is 5.32 Å². The Bertz CT molecular complexity index is 366. The molecule has 0 unspecified atom stereocenters. The smallest absolute Gasteiger partial charge is 0.251 e. The highest BCUT2D eigenvalue weighted by molar-refractivity contribution is 6.17. The van der Waals surface area contributed by atoms with E-state index in [4.69, 9.17) is 16.3 Å². The fourth-order valence-electron chi connectivity index (χ4n) is 1.33. The van der Waals surface area contributed by atoms with Crippen LogP contribution < -0.4 is 10.1 Å². The summed E-state index contributed by atoms with van der Waals surface area (Å²) < 4.78 is 5.16. The van der Waals surface area contributed by atoms with Gasteiger partial charge >= 0.3 is 0 Å². The first-order chi connectivity index (χ1) is 7.69. The number of halogens is 1. The number of carbonyl (C=O) groups excluding carboxylic acids is 1. The molecule has 0 fully saturated rings. The molecule has 0 saturated heterocycles. The summed E-state index contributed by atoms with van der Waals surface area (Å²) in [6, 6.07) is 5.40. The van der Waals surface area contributed by atoms with Crippen LogP contribution in [-0.2, 0) is 0 Å². The number of methoxy groups -OCH3 is 1. The van der Waals surface area contributed by atoms with Gasteiger partial charge in [-0.15, -0.1) is 11.6 Å². The van der Waals surface area contributed by atoms with Gasteiger partial charge in [-0.05, 0) is 31.0 Å². The van der Waals surface area contributed by atoms with E-state index in [1.807, 2.05) is 13.0 Å². The predicted octanol–water partition coefficient (Wildman–Crippen LogP) is 2.36. The maximum atomic E-state index is 11.7. The highest BCUT2D eigenvalue weighted by Crippen LogP contribution is 2.18. The molecule has 1 N–H and O–H groups in total. The lowest BCUT2D eigenvalue weighted by atomic mass is 10.1. The van der Waals surface area contributed by atoms with Gasteiger partial charge < -0.3 is 10.1 Å². The van der Waals surface area contributed by atoms with Gasteiger partial charge in [-0.2, -0.15) is 0 Å². The van der Waals surface area contributed by atoms with Gasteiger partial charge in [0, 0.05) is 18.0 Å². The molecule has 0 heterocycles. The van der Waals surface area contributed by atoms with Gasteiger partial charge in [0.05, 0.1) is 7.11 Å². The third-order valence-electron chi connectivity index (χ3n) is 2.27. The van der Waals surface area contributed by atoms with E-state index in [-0.39, 0.29) is 5.91 Å². The van der Waals surface area contributed by atoms with Crippen LogP contribution in [-0.4, -0.2) is 25.4 Å². The third-order valence-corrected chi connectivity index (χ3v) is 2.53. The Morgan fingerprint density at radius 2 is 2.25 bits per heavy atom. The summed E-state index contributed by atoms with van der Waals surface area (Å²) in [5, 5.41) is 2.79. The van der Waals surface area contributed by atoms with E-state index < -0.39 is 0 Å². The van der Waals surface area contributed by atoms with Crippen LogP contribution in [0.1, 0.15) is 22.3 Å². The Morgan fingerprint density at radius 3 is 2.88 bits per heavy atom. The molecule has 0 aliphatic heterocycles. The molecule has 0 bridgehead atoms. The average Bonchev–Trinajstić information content (AvgIpc) is 2.30. The minimum absolute atomic E-state index is 0.0941. The minimum atomic E-state index is -0.0941. The van der Waals surface area contributed by atoms with E-state index in [9.17, 15) is 4.79 Å². The van der Waals surface area contributed by atoms with Crippen LogP contribution in [0.3, 0.4) is 0 Å². The van der Waals surface area contributed by atoms with Crippen molar-refractivity contribution >= 4 is 17.5 Å². The van der Waals surface area contributed by atoms with E-state index in [0.717, 1.165) is 17.7 Å². The number of rotatable bonds is 5. The lowest BCUT2D eigenvalue weighted by Crippen LogP contribution is -2.24. The van der Waals surface area contributed by atoms with Crippen molar-refractivity contribution in [3.63, 3.8) is 0 Å². The van der Waals surface area contributed by atoms with Crippen molar-refractivity contribution in [1.29, 1.82) is 0 Å². The van der Waals surface area contributed by atoms with Crippen LogP contribution in [0.15, 0.2) is 18.2 Å². The van der Waals surface area contributed by atoms with E-state index >= 15 is 0 Å². The SMILES string of the molecule is COc1cc(C(=O)NCCCCl)ccc1C. The fourth-order valence-corrected chi connectivity index (χ4v) is 1.47. The molecule has 1 aromatic carbocycles. The summed E-state index contributed by atoms with van der Waals surface area (Å²) in [5.41, 5.74) is 1.62. The number of nitrogens with one attached hydrogen (secondary N) is 1. The topological polar surface area (TPSA) is 38.3 Å². The van der Waals surface area contributed by atoms with Crippen LogP contribution >= 0.6 is 11.6 Å². The van der Waals surface area contributed by atoms with Crippen LogP contribution in [0.2, 0.25) is 0 Å². The van der Waals surface area contributed by atoms with Gasteiger partial charge in [0.15, 0.2) is 0 Å². The van der Waals surface area contributed by atoms with Crippen molar-refractivity contribution < 1.29 is 9.53 Å². The normalized spacial score (nSPS) is 9.94. The Labute approximate surface area is 101 Å². The number of hydrogen-bond acceptors (Lipinski definition) is 2. The minimum Gasteiger partial charge on any atom is -0.496 e. The Morgan fingerprint density at radius 1 is 1.50 bits per heavy atom. The first-order valence-electron chi connectivity index (χ1n) is 5.18. The fraction of sp³-hybridized carbons (Fsp3) is 0.417. The number of benzene rings is 1. The number of aryl methyl sites for hydroxylation is 1. The molecule has 0 spiro atoms. The molecule has 3 nitrogen and oxygen atoms in total. The van der Waals surface area contributed by atoms with Crippen molar-refractivity contribution in [3.05, 3.63) is 29.3 Å². The van der Waals surface area contributed by atoms with Crippen LogP contribution in [0, 0.1) is 6.92 Å². The van der Waals surface area contributed by atoms with Crippen LogP contribution in [0.5, 0.6) is 5.75 Å². The molecule has 1 rings (SSSR count). The van der Waals surface area contributed by atoms with Gasteiger partial charge in [0.25, 0.3) is 5.91 Å². The summed E-state index contributed by atoms with van der Waals surface area (Å²) in [6.07, 6.45) is 0.774. The summed E-state index contributed by atoms with van der Waals surface area (Å²) in [4.78, 5) is 11.7. The second kappa shape index (κ2) is 6.38. The zero-order valence-electron chi connectivity index (χ0n) is 9.55. The van der Waals surface area contributed by atoms with Gasteiger partial charge in [-0.3, -0.25) is 4.79 Å². The maximum absolute atomic E-state index is 11.7. The second-order valence-corrected chi connectivity index (χ2v) is 3.86. The highest BCUT2D eigenvalue weighted by Gasteiger charge is 2.07. The summed E-state index contributed by atoms with van der Waals surface area (Å²) in [7, 11) is 1.59. The van der Waals surface area contributed by atoms with Gasteiger partial charge in [-0.1, -0.05) is 6.07 Å². The molecule has 88 valence electrons. The van der Waals surface area contributed by atoms with Gasteiger partial charge in [0.1, 0.15) is 5.75 Å². The lowest BCUT2D eigenvalue weighted by molar-refractivity contribution is 0.0953. The molecule has 0 aliphatic rings. The largest absolute Gasteiger partial charge is 0.496 e. The number of amides is 1. The van der Waals surface area contributed by atoms with Crippen LogP contribution in [0.25, 0.3) is 0 Å². The first kappa shape index (κ1) is 12.8. The average molecular weight is 242 g/mol. The molecule has 0 aromatic heterocycles. The number of alkyl halides is 1. The van der Waals surface area contributed by atoms with E-state index in [2.05, 4.69) is 5.32 Å². The zero-order valence-corrected chi connectivity index (χ0v) is 10.3. The Kier molecular flexibility index (Phi) is 5.12. The standard InChI is InChI=1S/C12H16ClNO2/c1-9-4-5-10(8-11(9)16-2)12(15)14-7-3-6-13/h4-5,8H,3,6-7H2,1-2H3,(H,14,15). The first-order valence-corrected chi connectivity index (χ1v) is 5.71. The number of ether oxygens (including phenoxy) is 1. The summed E-state index contributed by atoms with van der Waals surface area (Å²) >= 11 is 5.53. The second-order valence-electron chi connectivity index (χ2n) is 3.48. The lowest BCUT2D eigenvalue weighted by Gasteiger charge is -2.08. The molecular formula is C12H16ClNO2.